The van der Waals surface area contributed by atoms with E-state index in [2.05, 4.69) is 11.7 Å². The second-order valence-electron chi connectivity index (χ2n) is 2.66. The Labute approximate surface area is 141 Å². The predicted molar refractivity (Wildman–Crippen MR) is 40.7 cm³/mol. The standard InChI is InChI=1S/C6H11O5.CH3.K.W/c1-6(10)5(9)4(8)3(7)2-11-6;;;/h3-5,7-10H,1-2H2;1H3;;/q2*-1;+1;. The van der Waals surface area contributed by atoms with Crippen LogP contribution in [0, 0.1) is 14.4 Å². The average Bonchev–Trinajstić information content (AvgIpc) is 1.95. The van der Waals surface area contributed by atoms with Gasteiger partial charge in [-0.1, -0.05) is 0 Å². The number of rotatable bonds is 0. The molecule has 0 spiro atoms. The van der Waals surface area contributed by atoms with Gasteiger partial charge >= 0.3 is 51.4 Å². The third kappa shape index (κ3) is 4.97. The van der Waals surface area contributed by atoms with E-state index in [0.29, 0.717) is 0 Å². The van der Waals surface area contributed by atoms with Gasteiger partial charge in [0.15, 0.2) is 0 Å². The van der Waals surface area contributed by atoms with Crippen molar-refractivity contribution in [3.05, 3.63) is 14.4 Å². The Bertz CT molecular complexity index is 157. The second-order valence-corrected chi connectivity index (χ2v) is 2.66. The predicted octanol–water partition coefficient (Wildman–Crippen LogP) is -4.93. The van der Waals surface area contributed by atoms with Gasteiger partial charge < -0.3 is 32.6 Å². The fraction of sp³-hybridized carbons (Fsp3) is 0.714. The van der Waals surface area contributed by atoms with Crippen molar-refractivity contribution in [2.75, 3.05) is 6.61 Å². The minimum Gasteiger partial charge on any atom is -0.393 e. The van der Waals surface area contributed by atoms with Crippen LogP contribution >= 0.6 is 0 Å². The minimum atomic E-state index is -2.02. The topological polar surface area (TPSA) is 90.2 Å². The summed E-state index contributed by atoms with van der Waals surface area (Å²) < 4.78 is 4.54. The number of aliphatic hydroxyl groups excluding tert-OH is 3. The van der Waals surface area contributed by atoms with Crippen LogP contribution in [0.15, 0.2) is 0 Å². The van der Waals surface area contributed by atoms with Crippen molar-refractivity contribution in [1.29, 1.82) is 0 Å². The first kappa shape index (κ1) is 21.4. The largest absolute Gasteiger partial charge is 1.00 e. The molecule has 1 rings (SSSR count). The summed E-state index contributed by atoms with van der Waals surface area (Å²) in [6, 6.07) is 0. The van der Waals surface area contributed by atoms with Crippen molar-refractivity contribution < 1.29 is 97.6 Å². The van der Waals surface area contributed by atoms with Gasteiger partial charge in [0.25, 0.3) is 0 Å². The molecule has 0 aromatic carbocycles. The summed E-state index contributed by atoms with van der Waals surface area (Å²) in [5.74, 6) is -2.02. The van der Waals surface area contributed by atoms with Crippen LogP contribution in [0.5, 0.6) is 0 Å². The first-order chi connectivity index (χ1) is 4.95. The Kier molecular flexibility index (Phi) is 12.6. The fourth-order valence-corrected chi connectivity index (χ4v) is 0.891. The zero-order valence-electron chi connectivity index (χ0n) is 8.25. The fourth-order valence-electron chi connectivity index (χ4n) is 0.891. The van der Waals surface area contributed by atoms with Crippen LogP contribution in [0.2, 0.25) is 0 Å². The number of aliphatic hydroxyl groups is 4. The normalized spacial score (nSPS) is 41.4. The van der Waals surface area contributed by atoms with Crippen LogP contribution in [0.3, 0.4) is 0 Å². The van der Waals surface area contributed by atoms with Gasteiger partial charge in [-0.3, -0.25) is 6.92 Å². The van der Waals surface area contributed by atoms with Crippen LogP contribution < -0.4 is 51.4 Å². The maximum Gasteiger partial charge on any atom is 1.00 e. The molecule has 1 heterocycles. The van der Waals surface area contributed by atoms with Crippen molar-refractivity contribution in [3.8, 4) is 0 Å². The van der Waals surface area contributed by atoms with E-state index in [-0.39, 0.29) is 86.5 Å². The second kappa shape index (κ2) is 8.25. The molecule has 0 radical (unpaired) electrons. The molecule has 4 N–H and O–H groups in total. The maximum absolute atomic E-state index is 9.08. The Morgan fingerprint density at radius 3 is 2.07 bits per heavy atom. The molecule has 7 heteroatoms. The summed E-state index contributed by atoms with van der Waals surface area (Å²) in [7, 11) is 0. The monoisotopic (exact) mass is 401 g/mol. The van der Waals surface area contributed by atoms with Crippen molar-refractivity contribution >= 4 is 0 Å². The number of ether oxygens (including phenoxy) is 1. The van der Waals surface area contributed by atoms with Gasteiger partial charge in [0.05, 0.1) is 12.4 Å². The van der Waals surface area contributed by atoms with E-state index in [9.17, 15) is 0 Å². The van der Waals surface area contributed by atoms with E-state index in [4.69, 9.17) is 20.4 Å². The first-order valence-electron chi connectivity index (χ1n) is 3.21. The summed E-state index contributed by atoms with van der Waals surface area (Å²) in [5.41, 5.74) is 0. The first-order valence-corrected chi connectivity index (χ1v) is 3.21. The summed E-state index contributed by atoms with van der Waals surface area (Å²) in [5, 5.41) is 36.0. The van der Waals surface area contributed by atoms with E-state index in [1.165, 1.54) is 0 Å². The van der Waals surface area contributed by atoms with Crippen molar-refractivity contribution in [2.24, 2.45) is 0 Å². The molecule has 0 amide bonds. The van der Waals surface area contributed by atoms with Gasteiger partial charge in [0, 0.05) is 21.1 Å². The Morgan fingerprint density at radius 1 is 1.29 bits per heavy atom. The molecule has 0 aliphatic carbocycles. The van der Waals surface area contributed by atoms with E-state index >= 15 is 0 Å². The smallest absolute Gasteiger partial charge is 0.393 e. The Morgan fingerprint density at radius 2 is 1.71 bits per heavy atom. The minimum absolute atomic E-state index is 0. The van der Waals surface area contributed by atoms with Crippen LogP contribution in [0.25, 0.3) is 0 Å². The van der Waals surface area contributed by atoms with Crippen LogP contribution in [-0.2, 0) is 25.8 Å². The molecule has 14 heavy (non-hydrogen) atoms. The molecule has 0 saturated carbocycles. The molecule has 80 valence electrons. The molecule has 0 aromatic heterocycles. The molecule has 4 unspecified atom stereocenters. The zero-order chi connectivity index (χ0) is 8.65. The molecule has 5 nitrogen and oxygen atoms in total. The third-order valence-electron chi connectivity index (χ3n) is 1.68. The van der Waals surface area contributed by atoms with E-state index < -0.39 is 24.1 Å². The summed E-state index contributed by atoms with van der Waals surface area (Å²) >= 11 is 0. The molecule has 1 aliphatic heterocycles. The molecular weight excluding hydrogens is 387 g/mol. The number of hydrogen-bond acceptors (Lipinski definition) is 5. The van der Waals surface area contributed by atoms with Crippen LogP contribution in [-0.4, -0.2) is 51.1 Å². The summed E-state index contributed by atoms with van der Waals surface area (Å²) in [4.78, 5) is 0. The SMILES string of the molecule is [CH2-]C1(O)OCC(O)C(O)C1O.[CH3-].[K+].[W]. The Hall–Kier alpha value is 2.12. The molecule has 0 bridgehead atoms. The van der Waals surface area contributed by atoms with Gasteiger partial charge in [0.1, 0.15) is 18.3 Å². The van der Waals surface area contributed by atoms with Crippen molar-refractivity contribution in [1.82, 2.24) is 0 Å². The van der Waals surface area contributed by atoms with Gasteiger partial charge in [-0.25, -0.2) is 0 Å². The average molecular weight is 401 g/mol. The van der Waals surface area contributed by atoms with E-state index in [1.807, 2.05) is 0 Å². The van der Waals surface area contributed by atoms with Crippen molar-refractivity contribution in [2.45, 2.75) is 24.1 Å². The van der Waals surface area contributed by atoms with Crippen LogP contribution in [0.1, 0.15) is 0 Å². The van der Waals surface area contributed by atoms with Gasteiger partial charge in [-0.05, 0) is 0 Å². The van der Waals surface area contributed by atoms with E-state index in [0.717, 1.165) is 0 Å². The molecular formula is C7H14KO5W-. The quantitative estimate of drug-likeness (QED) is 0.242. The summed E-state index contributed by atoms with van der Waals surface area (Å²) in [6.07, 6.45) is -4.16. The zero-order valence-corrected chi connectivity index (χ0v) is 14.3. The molecule has 1 aliphatic rings. The molecule has 4 atom stereocenters. The van der Waals surface area contributed by atoms with E-state index in [1.54, 1.807) is 0 Å². The third-order valence-corrected chi connectivity index (χ3v) is 1.68. The van der Waals surface area contributed by atoms with Crippen LogP contribution in [0.4, 0.5) is 0 Å². The molecule has 1 saturated heterocycles. The maximum atomic E-state index is 9.08. The van der Waals surface area contributed by atoms with Crippen molar-refractivity contribution in [3.63, 3.8) is 0 Å². The van der Waals surface area contributed by atoms with Gasteiger partial charge in [-0.15, -0.1) is 0 Å². The Balaban J connectivity index is -0.000000403. The number of hydrogen-bond donors (Lipinski definition) is 4. The van der Waals surface area contributed by atoms with Gasteiger partial charge in [0.2, 0.25) is 0 Å². The van der Waals surface area contributed by atoms with Gasteiger partial charge in [-0.2, -0.15) is 0 Å². The summed E-state index contributed by atoms with van der Waals surface area (Å²) in [6.45, 7) is 2.87. The molecule has 0 aromatic rings. The molecule has 1 fully saturated rings.